The summed E-state index contributed by atoms with van der Waals surface area (Å²) in [4.78, 5) is 18.3. The number of hydrogen-bond acceptors (Lipinski definition) is 5. The maximum absolute atomic E-state index is 6.53. The molecule has 0 saturated carbocycles. The summed E-state index contributed by atoms with van der Waals surface area (Å²) < 4.78 is 10.7. The molecule has 52 heavy (non-hydrogen) atoms. The zero-order chi connectivity index (χ0) is 34.4. The standard InChI is InChI=1S/C44H30N6O.Pt/c1-25-7-5-8-26(2)38(25)33-15-16-34(39-27(3)9-6-10-28(39)4)41-40(33)32-14-12-30(22-36(32)42-46-17-19-49(41)42)51-29-11-13-31-35(21-29)43-47-18-20-50(43)44-37(31)23-45-24-48-44;/h5-20,23-24H,1-4H3;/q-2;+2. The summed E-state index contributed by atoms with van der Waals surface area (Å²) in [5, 5.41) is 5.82. The summed E-state index contributed by atoms with van der Waals surface area (Å²) >= 11 is 0. The van der Waals surface area contributed by atoms with Crippen molar-refractivity contribution in [3.63, 3.8) is 0 Å². The monoisotopic (exact) mass is 853 g/mol. The van der Waals surface area contributed by atoms with Crippen molar-refractivity contribution in [2.75, 3.05) is 0 Å². The molecule has 0 saturated heterocycles. The molecule has 0 aliphatic heterocycles. The van der Waals surface area contributed by atoms with Crippen LogP contribution in [0.3, 0.4) is 0 Å². The third-order valence-corrected chi connectivity index (χ3v) is 10.2. The number of benzene rings is 5. The van der Waals surface area contributed by atoms with Crippen molar-refractivity contribution in [3.8, 4) is 33.8 Å². The number of rotatable bonds is 4. The number of hydrogen-bond donors (Lipinski definition) is 0. The Labute approximate surface area is 313 Å². The van der Waals surface area contributed by atoms with E-state index < -0.39 is 0 Å². The van der Waals surface area contributed by atoms with Crippen LogP contribution >= 0.6 is 0 Å². The first-order valence-electron chi connectivity index (χ1n) is 17.0. The third kappa shape index (κ3) is 4.69. The first-order chi connectivity index (χ1) is 25.0. The molecule has 0 radical (unpaired) electrons. The Balaban J connectivity index is 0.00000360. The average molecular weight is 854 g/mol. The fourth-order valence-electron chi connectivity index (χ4n) is 8.01. The molecule has 0 N–H and O–H groups in total. The number of fused-ring (bicyclic) bond motifs is 12. The smallest absolute Gasteiger partial charge is 0.497 e. The quantitative estimate of drug-likeness (QED) is 0.130. The van der Waals surface area contributed by atoms with Gasteiger partial charge >= 0.3 is 21.1 Å². The second kappa shape index (κ2) is 12.1. The van der Waals surface area contributed by atoms with Gasteiger partial charge in [-0.05, 0) is 72.0 Å². The number of aromatic nitrogens is 6. The topological polar surface area (TPSA) is 69.6 Å². The molecule has 5 aromatic carbocycles. The Morgan fingerprint density at radius 1 is 0.558 bits per heavy atom. The maximum atomic E-state index is 6.53. The van der Waals surface area contributed by atoms with E-state index in [4.69, 9.17) is 9.72 Å². The first kappa shape index (κ1) is 32.0. The predicted molar refractivity (Wildman–Crippen MR) is 204 cm³/mol. The Kier molecular flexibility index (Phi) is 7.46. The van der Waals surface area contributed by atoms with Gasteiger partial charge in [0.05, 0.1) is 11.3 Å². The van der Waals surface area contributed by atoms with Crippen molar-refractivity contribution in [2.45, 2.75) is 27.7 Å². The van der Waals surface area contributed by atoms with Gasteiger partial charge in [0.2, 0.25) is 0 Å². The third-order valence-electron chi connectivity index (χ3n) is 10.2. The van der Waals surface area contributed by atoms with Crippen LogP contribution in [0.25, 0.3) is 77.0 Å². The number of ether oxygens (including phenoxy) is 1. The van der Waals surface area contributed by atoms with Crippen LogP contribution in [0.4, 0.5) is 0 Å². The molecular formula is C44H30N6OPt. The molecule has 0 unspecified atom stereocenters. The summed E-state index contributed by atoms with van der Waals surface area (Å²) in [6, 6.07) is 32.8. The van der Waals surface area contributed by atoms with Crippen LogP contribution in [-0.4, -0.2) is 28.7 Å². The molecule has 0 bridgehead atoms. The summed E-state index contributed by atoms with van der Waals surface area (Å²) in [5.41, 5.74) is 13.3. The van der Waals surface area contributed by atoms with Crippen molar-refractivity contribution < 1.29 is 25.8 Å². The van der Waals surface area contributed by atoms with Crippen molar-refractivity contribution in [3.05, 3.63) is 144 Å². The Morgan fingerprint density at radius 3 is 1.79 bits per heavy atom. The molecular weight excluding hydrogens is 824 g/mol. The normalized spacial score (nSPS) is 11.7. The largest absolute Gasteiger partial charge is 2.00 e. The van der Waals surface area contributed by atoms with Gasteiger partial charge in [0.25, 0.3) is 0 Å². The van der Waals surface area contributed by atoms with Crippen LogP contribution in [0, 0.1) is 39.8 Å². The molecule has 8 heteroatoms. The van der Waals surface area contributed by atoms with Gasteiger partial charge in [-0.2, -0.15) is 0 Å². The second-order valence-electron chi connectivity index (χ2n) is 13.2. The second-order valence-corrected chi connectivity index (χ2v) is 13.2. The van der Waals surface area contributed by atoms with Crippen LogP contribution in [0.1, 0.15) is 22.3 Å². The van der Waals surface area contributed by atoms with Gasteiger partial charge in [-0.25, -0.2) is 9.97 Å². The SMILES string of the molecule is Cc1cccc(C)c1-c1ccc(-c2c(C)cccc2C)c2c1c1ccc(Oc3[c-]c4c(cc3)c3cncnc3n3ccnc43)[c-]c1c1nccn12.[Pt+2]. The van der Waals surface area contributed by atoms with Crippen molar-refractivity contribution >= 4 is 54.8 Å². The first-order valence-corrected chi connectivity index (χ1v) is 17.0. The van der Waals surface area contributed by atoms with E-state index in [1.807, 2.05) is 41.2 Å². The van der Waals surface area contributed by atoms with Crippen LogP contribution in [-0.2, 0) is 21.1 Å². The minimum absolute atomic E-state index is 0. The molecule has 10 rings (SSSR count). The average Bonchev–Trinajstić information content (AvgIpc) is 3.84. The minimum Gasteiger partial charge on any atom is -0.497 e. The van der Waals surface area contributed by atoms with E-state index >= 15 is 0 Å². The van der Waals surface area contributed by atoms with E-state index in [2.05, 4.69) is 120 Å². The molecule has 10 aromatic rings. The van der Waals surface area contributed by atoms with Crippen LogP contribution in [0.15, 0.2) is 110 Å². The van der Waals surface area contributed by atoms with Crippen LogP contribution < -0.4 is 4.74 Å². The van der Waals surface area contributed by atoms with Crippen molar-refractivity contribution in [1.29, 1.82) is 0 Å². The van der Waals surface area contributed by atoms with E-state index in [1.54, 1.807) is 12.5 Å². The fourth-order valence-corrected chi connectivity index (χ4v) is 8.01. The number of imidazole rings is 2. The predicted octanol–water partition coefficient (Wildman–Crippen LogP) is 10.3. The van der Waals surface area contributed by atoms with E-state index in [9.17, 15) is 0 Å². The molecule has 0 atom stereocenters. The summed E-state index contributed by atoms with van der Waals surface area (Å²) in [7, 11) is 0. The van der Waals surface area contributed by atoms with Gasteiger partial charge in [-0.3, -0.25) is 9.97 Å². The van der Waals surface area contributed by atoms with E-state index in [-0.39, 0.29) is 21.1 Å². The van der Waals surface area contributed by atoms with E-state index in [1.165, 1.54) is 44.5 Å². The number of nitrogens with zero attached hydrogens (tertiary/aromatic N) is 6. The molecule has 5 heterocycles. The molecule has 5 aromatic heterocycles. The Hall–Kier alpha value is -5.91. The molecule has 0 spiro atoms. The number of aryl methyl sites for hydroxylation is 4. The van der Waals surface area contributed by atoms with Gasteiger partial charge in [-0.15, -0.1) is 12.1 Å². The van der Waals surface area contributed by atoms with Crippen molar-refractivity contribution in [1.82, 2.24) is 28.7 Å². The maximum Gasteiger partial charge on any atom is 2.00 e. The van der Waals surface area contributed by atoms with Gasteiger partial charge in [0, 0.05) is 58.9 Å². The zero-order valence-corrected chi connectivity index (χ0v) is 31.1. The Morgan fingerprint density at radius 2 is 1.12 bits per heavy atom. The summed E-state index contributed by atoms with van der Waals surface area (Å²) in [6.45, 7) is 8.76. The van der Waals surface area contributed by atoms with Crippen LogP contribution in [0.5, 0.6) is 11.5 Å². The molecule has 0 amide bonds. The number of pyridine rings is 2. The fraction of sp³-hybridized carbons (Fsp3) is 0.0909. The molecule has 0 aliphatic rings. The summed E-state index contributed by atoms with van der Waals surface area (Å²) in [5.74, 6) is 1.14. The van der Waals surface area contributed by atoms with E-state index in [0.717, 1.165) is 54.8 Å². The molecule has 7 nitrogen and oxygen atoms in total. The van der Waals surface area contributed by atoms with Gasteiger partial charge < -0.3 is 13.5 Å². The van der Waals surface area contributed by atoms with Crippen LogP contribution in [0.2, 0.25) is 0 Å². The summed E-state index contributed by atoms with van der Waals surface area (Å²) in [6.07, 6.45) is 11.0. The van der Waals surface area contributed by atoms with Crippen molar-refractivity contribution in [2.24, 2.45) is 0 Å². The molecule has 0 aliphatic carbocycles. The van der Waals surface area contributed by atoms with Gasteiger partial charge in [-0.1, -0.05) is 94.3 Å². The Bertz CT molecular complexity index is 3030. The van der Waals surface area contributed by atoms with Gasteiger partial charge in [0.1, 0.15) is 12.0 Å². The van der Waals surface area contributed by atoms with Gasteiger partial charge in [0.15, 0.2) is 0 Å². The molecule has 0 fully saturated rings. The molecule has 252 valence electrons. The zero-order valence-electron chi connectivity index (χ0n) is 28.8. The van der Waals surface area contributed by atoms with E-state index in [0.29, 0.717) is 11.5 Å². The minimum atomic E-state index is 0.